The minimum Gasteiger partial charge on any atom is -0.335 e. The van der Waals surface area contributed by atoms with Crippen LogP contribution >= 0.6 is 15.9 Å². The zero-order valence-corrected chi connectivity index (χ0v) is 11.6. The van der Waals surface area contributed by atoms with E-state index in [1.807, 2.05) is 24.0 Å². The van der Waals surface area contributed by atoms with Gasteiger partial charge in [-0.25, -0.2) is 0 Å². The summed E-state index contributed by atoms with van der Waals surface area (Å²) in [4.78, 5) is 18.6. The highest BCUT2D eigenvalue weighted by Crippen LogP contribution is 2.26. The van der Waals surface area contributed by atoms with Crippen molar-refractivity contribution in [3.05, 3.63) is 29.6 Å². The fourth-order valence-corrected chi connectivity index (χ4v) is 2.49. The lowest BCUT2D eigenvalue weighted by molar-refractivity contribution is 0.0598. The third-order valence-corrected chi connectivity index (χ3v) is 3.69. The van der Waals surface area contributed by atoms with Crippen molar-refractivity contribution < 1.29 is 4.79 Å². The van der Waals surface area contributed by atoms with Gasteiger partial charge in [-0.05, 0) is 38.3 Å². The van der Waals surface area contributed by atoms with Crippen molar-refractivity contribution in [3.8, 4) is 0 Å². The van der Waals surface area contributed by atoms with Crippen molar-refractivity contribution in [2.24, 2.45) is 0 Å². The van der Waals surface area contributed by atoms with Crippen molar-refractivity contribution in [2.45, 2.75) is 32.2 Å². The molecule has 1 aromatic rings. The van der Waals surface area contributed by atoms with E-state index in [4.69, 9.17) is 0 Å². The molecule has 1 amide bonds. The quantitative estimate of drug-likeness (QED) is 0.801. The molecule has 1 aliphatic carbocycles. The summed E-state index contributed by atoms with van der Waals surface area (Å²) in [6.07, 6.45) is 5.24. The van der Waals surface area contributed by atoms with Crippen molar-refractivity contribution in [3.63, 3.8) is 0 Å². The number of hydrogen-bond donors (Lipinski definition) is 0. The summed E-state index contributed by atoms with van der Waals surface area (Å²) in [5.41, 5.74) is 1.55. The first-order chi connectivity index (χ1) is 8.24. The molecule has 3 nitrogen and oxygen atoms in total. The lowest BCUT2D eigenvalue weighted by Crippen LogP contribution is -2.45. The summed E-state index contributed by atoms with van der Waals surface area (Å²) in [5.74, 6) is 0.125. The van der Waals surface area contributed by atoms with Gasteiger partial charge in [-0.3, -0.25) is 9.78 Å². The smallest absolute Gasteiger partial charge is 0.255 e. The van der Waals surface area contributed by atoms with Crippen molar-refractivity contribution in [2.75, 3.05) is 11.9 Å². The van der Waals surface area contributed by atoms with Crippen LogP contribution in [0, 0.1) is 6.92 Å². The van der Waals surface area contributed by atoms with Gasteiger partial charge in [0.05, 0.1) is 5.56 Å². The highest BCUT2D eigenvalue weighted by atomic mass is 79.9. The Morgan fingerprint density at radius 3 is 2.88 bits per heavy atom. The van der Waals surface area contributed by atoms with Crippen LogP contribution in [0.2, 0.25) is 0 Å². The van der Waals surface area contributed by atoms with Crippen LogP contribution in [0.3, 0.4) is 0 Å². The van der Waals surface area contributed by atoms with Crippen LogP contribution in [0.1, 0.15) is 35.3 Å². The molecule has 0 spiro atoms. The Morgan fingerprint density at radius 1 is 1.59 bits per heavy atom. The van der Waals surface area contributed by atoms with Crippen molar-refractivity contribution in [1.82, 2.24) is 9.88 Å². The fourth-order valence-electron chi connectivity index (χ4n) is 2.10. The maximum Gasteiger partial charge on any atom is 0.255 e. The highest BCUT2D eigenvalue weighted by Gasteiger charge is 2.29. The molecular weight excluding hydrogens is 280 g/mol. The summed E-state index contributed by atoms with van der Waals surface area (Å²) in [5, 5.41) is 0.828. The normalized spacial score (nSPS) is 15.4. The van der Waals surface area contributed by atoms with Crippen LogP contribution in [0.25, 0.3) is 0 Å². The van der Waals surface area contributed by atoms with Crippen molar-refractivity contribution in [1.29, 1.82) is 0 Å². The predicted molar refractivity (Wildman–Crippen MR) is 71.4 cm³/mol. The molecule has 4 heteroatoms. The molecule has 17 heavy (non-hydrogen) atoms. The van der Waals surface area contributed by atoms with E-state index < -0.39 is 0 Å². The second-order valence-corrected chi connectivity index (χ2v) is 5.20. The monoisotopic (exact) mass is 296 g/mol. The average Bonchev–Trinajstić information content (AvgIpc) is 2.26. The molecule has 2 rings (SSSR count). The van der Waals surface area contributed by atoms with Crippen LogP contribution < -0.4 is 0 Å². The van der Waals surface area contributed by atoms with E-state index in [9.17, 15) is 4.79 Å². The Balaban J connectivity index is 2.18. The van der Waals surface area contributed by atoms with Gasteiger partial charge in [-0.2, -0.15) is 0 Å². The number of hydrogen-bond acceptors (Lipinski definition) is 2. The number of aromatic nitrogens is 1. The number of rotatable bonds is 4. The second-order valence-electron chi connectivity index (χ2n) is 4.41. The lowest BCUT2D eigenvalue weighted by atomic mass is 9.91. The predicted octanol–water partition coefficient (Wildman–Crippen LogP) is 2.78. The Labute approximate surface area is 110 Å². The van der Waals surface area contributed by atoms with E-state index >= 15 is 0 Å². The number of amides is 1. The molecule has 0 aromatic carbocycles. The van der Waals surface area contributed by atoms with Crippen LogP contribution in [0.4, 0.5) is 0 Å². The highest BCUT2D eigenvalue weighted by molar-refractivity contribution is 9.09. The molecule has 0 bridgehead atoms. The first-order valence-corrected chi connectivity index (χ1v) is 7.14. The molecule has 92 valence electrons. The summed E-state index contributed by atoms with van der Waals surface area (Å²) in [7, 11) is 0. The molecule has 0 atom stereocenters. The van der Waals surface area contributed by atoms with Gasteiger partial charge in [0.25, 0.3) is 5.91 Å². The Kier molecular flexibility index (Phi) is 4.15. The largest absolute Gasteiger partial charge is 0.335 e. The van der Waals surface area contributed by atoms with E-state index in [0.29, 0.717) is 6.04 Å². The van der Waals surface area contributed by atoms with E-state index in [1.54, 1.807) is 6.20 Å². The van der Waals surface area contributed by atoms with Crippen LogP contribution in [0.5, 0.6) is 0 Å². The number of halogens is 1. The third kappa shape index (κ3) is 2.68. The fraction of sp³-hybridized carbons (Fsp3) is 0.538. The first kappa shape index (κ1) is 12.6. The Hall–Kier alpha value is -0.900. The molecule has 0 saturated heterocycles. The molecule has 1 saturated carbocycles. The lowest BCUT2D eigenvalue weighted by Gasteiger charge is -2.37. The van der Waals surface area contributed by atoms with E-state index in [0.717, 1.165) is 36.0 Å². The van der Waals surface area contributed by atoms with Gasteiger partial charge in [-0.15, -0.1) is 0 Å². The van der Waals surface area contributed by atoms with E-state index in [2.05, 4.69) is 20.9 Å². The number of pyridine rings is 1. The molecule has 0 unspecified atom stereocenters. The summed E-state index contributed by atoms with van der Waals surface area (Å²) >= 11 is 3.42. The SMILES string of the molecule is Cc1ncccc1C(=O)N(CCBr)C1CCC1. The van der Waals surface area contributed by atoms with Gasteiger partial charge in [0.2, 0.25) is 0 Å². The zero-order valence-electron chi connectivity index (χ0n) is 10.0. The number of nitrogens with zero attached hydrogens (tertiary/aromatic N) is 2. The van der Waals surface area contributed by atoms with Crippen LogP contribution in [-0.4, -0.2) is 33.7 Å². The zero-order chi connectivity index (χ0) is 12.3. The molecule has 1 fully saturated rings. The first-order valence-electron chi connectivity index (χ1n) is 6.02. The maximum atomic E-state index is 12.5. The molecule has 1 aromatic heterocycles. The minimum absolute atomic E-state index is 0.125. The van der Waals surface area contributed by atoms with Gasteiger partial charge in [0, 0.05) is 29.8 Å². The van der Waals surface area contributed by atoms with Gasteiger partial charge in [0.15, 0.2) is 0 Å². The summed E-state index contributed by atoms with van der Waals surface area (Å²) < 4.78 is 0. The third-order valence-electron chi connectivity index (χ3n) is 3.34. The summed E-state index contributed by atoms with van der Waals surface area (Å²) in [6.45, 7) is 2.66. The van der Waals surface area contributed by atoms with E-state index in [1.165, 1.54) is 6.42 Å². The maximum absolute atomic E-state index is 12.5. The summed E-state index contributed by atoms with van der Waals surface area (Å²) in [6, 6.07) is 4.12. The molecule has 1 heterocycles. The van der Waals surface area contributed by atoms with Gasteiger partial charge < -0.3 is 4.90 Å². The molecule has 0 aliphatic heterocycles. The topological polar surface area (TPSA) is 33.2 Å². The van der Waals surface area contributed by atoms with Gasteiger partial charge in [-0.1, -0.05) is 15.9 Å². The van der Waals surface area contributed by atoms with Crippen molar-refractivity contribution >= 4 is 21.8 Å². The molecular formula is C13H17BrN2O. The molecule has 0 radical (unpaired) electrons. The Morgan fingerprint density at radius 2 is 2.35 bits per heavy atom. The van der Waals surface area contributed by atoms with Gasteiger partial charge in [0.1, 0.15) is 0 Å². The van der Waals surface area contributed by atoms with Gasteiger partial charge >= 0.3 is 0 Å². The number of aryl methyl sites for hydroxylation is 1. The molecule has 0 N–H and O–H groups in total. The number of alkyl halides is 1. The standard InChI is InChI=1S/C13H17BrN2O/c1-10-12(6-3-8-15-10)13(17)16(9-7-14)11-4-2-5-11/h3,6,8,11H,2,4-5,7,9H2,1H3. The van der Waals surface area contributed by atoms with Crippen LogP contribution in [0.15, 0.2) is 18.3 Å². The van der Waals surface area contributed by atoms with Crippen LogP contribution in [-0.2, 0) is 0 Å². The molecule has 1 aliphatic rings. The minimum atomic E-state index is 0.125. The number of carbonyl (C=O) groups excluding carboxylic acids is 1. The van der Waals surface area contributed by atoms with E-state index in [-0.39, 0.29) is 5.91 Å². The average molecular weight is 297 g/mol. The second kappa shape index (κ2) is 5.63. The number of carbonyl (C=O) groups is 1. The Bertz CT molecular complexity index is 404.